The molecule has 0 spiro atoms. The molecule has 0 rings (SSSR count). The summed E-state index contributed by atoms with van der Waals surface area (Å²) >= 11 is 0. The van der Waals surface area contributed by atoms with Gasteiger partial charge in [-0.25, -0.2) is 0 Å². The molecule has 0 amide bonds. The van der Waals surface area contributed by atoms with E-state index in [1.807, 2.05) is 39.2 Å². The summed E-state index contributed by atoms with van der Waals surface area (Å²) < 4.78 is 0. The summed E-state index contributed by atoms with van der Waals surface area (Å²) in [6.07, 6.45) is 9.37. The molecular weight excluding hydrogens is 237 g/mol. The van der Waals surface area contributed by atoms with Gasteiger partial charge in [-0.15, -0.1) is 6.42 Å². The van der Waals surface area contributed by atoms with Crippen molar-refractivity contribution in [2.75, 3.05) is 0 Å². The molecule has 13 heavy (non-hydrogen) atoms. The van der Waals surface area contributed by atoms with Crippen LogP contribution < -0.4 is 0 Å². The van der Waals surface area contributed by atoms with Crippen LogP contribution in [0.15, 0.2) is 36.5 Å². The Kier molecular flexibility index (Phi) is 25.8. The van der Waals surface area contributed by atoms with E-state index in [0.717, 1.165) is 5.57 Å². The molecule has 71 valence electrons. The number of allylic oxidation sites excluding steroid dienone is 5. The molecule has 0 aromatic carbocycles. The van der Waals surface area contributed by atoms with E-state index in [-0.39, 0.29) is 32.7 Å². The molecule has 0 aromatic rings. The van der Waals surface area contributed by atoms with Crippen LogP contribution in [0.5, 0.6) is 0 Å². The summed E-state index contributed by atoms with van der Waals surface area (Å²) in [5.74, 6) is 0. The Balaban J connectivity index is -0.000000309. The van der Waals surface area contributed by atoms with Gasteiger partial charge in [0.25, 0.3) is 0 Å². The van der Waals surface area contributed by atoms with E-state index in [4.69, 9.17) is 0 Å². The Morgan fingerprint density at radius 3 is 2.31 bits per heavy atom. The van der Waals surface area contributed by atoms with Crippen LogP contribution in [0.4, 0.5) is 0 Å². The van der Waals surface area contributed by atoms with E-state index >= 15 is 0 Å². The van der Waals surface area contributed by atoms with Crippen molar-refractivity contribution in [3.63, 3.8) is 0 Å². The molecule has 0 fully saturated rings. The van der Waals surface area contributed by atoms with Crippen molar-refractivity contribution in [2.45, 2.75) is 27.2 Å². The smallest absolute Gasteiger partial charge is 0 e. The number of carbonyl (C=O) groups excluding carboxylic acids is 1. The number of hydrogen-bond donors (Lipinski definition) is 0. The van der Waals surface area contributed by atoms with Gasteiger partial charge >= 0.3 is 0 Å². The van der Waals surface area contributed by atoms with Crippen molar-refractivity contribution in [3.8, 4) is 0 Å². The zero-order valence-electron chi connectivity index (χ0n) is 8.71. The first-order valence-corrected chi connectivity index (χ1v) is 4.14. The molecule has 0 aliphatic heterocycles. The summed E-state index contributed by atoms with van der Waals surface area (Å²) in [4.78, 5) is 9.93. The van der Waals surface area contributed by atoms with Crippen LogP contribution in [-0.4, -0.2) is 6.29 Å². The Hall–Kier alpha value is -0.00610. The van der Waals surface area contributed by atoms with Crippen molar-refractivity contribution < 1.29 is 37.5 Å². The van der Waals surface area contributed by atoms with Crippen LogP contribution in [0.3, 0.4) is 0 Å². The monoisotopic (exact) mass is 254 g/mol. The molecule has 0 saturated heterocycles. The number of hydrogen-bond acceptors (Lipinski definition) is 1. The molecule has 0 bridgehead atoms. The maximum atomic E-state index is 9.93. The van der Waals surface area contributed by atoms with E-state index in [1.54, 1.807) is 12.2 Å². The Labute approximate surface area is 107 Å². The molecule has 0 aromatic heterocycles. The van der Waals surface area contributed by atoms with Gasteiger partial charge in [0.05, 0.1) is 0 Å². The van der Waals surface area contributed by atoms with Crippen molar-refractivity contribution >= 4 is 6.29 Å². The normalized spacial score (nSPS) is 9.62. The van der Waals surface area contributed by atoms with Gasteiger partial charge < -0.3 is 4.79 Å². The zero-order chi connectivity index (χ0) is 9.82. The Bertz CT molecular complexity index is 169. The molecule has 0 unspecified atom stereocenters. The first kappa shape index (κ1) is 18.7. The van der Waals surface area contributed by atoms with Crippen LogP contribution in [-0.2, 0) is 37.5 Å². The predicted molar refractivity (Wildman–Crippen MR) is 54.8 cm³/mol. The van der Waals surface area contributed by atoms with Gasteiger partial charge in [0.2, 0.25) is 0 Å². The third-order valence-corrected chi connectivity index (χ3v) is 0.989. The second-order valence-electron chi connectivity index (χ2n) is 1.80. The minimum atomic E-state index is 0. The molecule has 1 radical (unpaired) electrons. The van der Waals surface area contributed by atoms with Crippen LogP contribution in [0.1, 0.15) is 27.2 Å². The van der Waals surface area contributed by atoms with E-state index in [0.29, 0.717) is 6.42 Å². The fourth-order valence-corrected chi connectivity index (χ4v) is 0.622. The largest absolute Gasteiger partial charge is 0.541 e. The molecule has 0 saturated carbocycles. The van der Waals surface area contributed by atoms with Gasteiger partial charge in [-0.05, 0) is 6.92 Å². The first-order valence-electron chi connectivity index (χ1n) is 4.14. The Morgan fingerprint density at radius 1 is 1.46 bits per heavy atom. The minimum absolute atomic E-state index is 0. The van der Waals surface area contributed by atoms with Gasteiger partial charge in [-0.3, -0.25) is 6.29 Å². The van der Waals surface area contributed by atoms with Crippen molar-refractivity contribution in [2.24, 2.45) is 0 Å². The molecule has 0 N–H and O–H groups in total. The SMILES string of the molecule is C=C/C=C(\C=C/C)C[C-]=O.CC.[Y]. The van der Waals surface area contributed by atoms with Gasteiger partial charge in [0.15, 0.2) is 0 Å². The van der Waals surface area contributed by atoms with Crippen LogP contribution >= 0.6 is 0 Å². The van der Waals surface area contributed by atoms with Crippen molar-refractivity contribution in [1.82, 2.24) is 0 Å². The first-order chi connectivity index (χ1) is 5.85. The minimum Gasteiger partial charge on any atom is -0.541 e. The van der Waals surface area contributed by atoms with E-state index in [9.17, 15) is 4.79 Å². The van der Waals surface area contributed by atoms with E-state index in [2.05, 4.69) is 6.58 Å². The van der Waals surface area contributed by atoms with Crippen molar-refractivity contribution in [1.29, 1.82) is 0 Å². The zero-order valence-corrected chi connectivity index (χ0v) is 11.5. The van der Waals surface area contributed by atoms with Gasteiger partial charge in [0.1, 0.15) is 0 Å². The molecule has 2 heteroatoms. The Morgan fingerprint density at radius 2 is 2.00 bits per heavy atom. The summed E-state index contributed by atoms with van der Waals surface area (Å²) in [5.41, 5.74) is 0.938. The van der Waals surface area contributed by atoms with Gasteiger partial charge in [-0.1, -0.05) is 50.3 Å². The van der Waals surface area contributed by atoms with Crippen LogP contribution in [0, 0.1) is 0 Å². The molecule has 0 aliphatic carbocycles. The molecule has 0 aliphatic rings. The summed E-state index contributed by atoms with van der Waals surface area (Å²) in [6.45, 7) is 9.43. The summed E-state index contributed by atoms with van der Waals surface area (Å²) in [6, 6.07) is 0. The molecule has 1 nitrogen and oxygen atoms in total. The number of rotatable bonds is 4. The average Bonchev–Trinajstić information content (AvgIpc) is 2.10. The summed E-state index contributed by atoms with van der Waals surface area (Å²) in [7, 11) is 0. The third kappa shape index (κ3) is 14.8. The maximum absolute atomic E-state index is 9.93. The molecule has 0 heterocycles. The maximum Gasteiger partial charge on any atom is 0 e. The van der Waals surface area contributed by atoms with E-state index in [1.165, 1.54) is 0 Å². The summed E-state index contributed by atoms with van der Waals surface area (Å²) in [5, 5.41) is 0. The predicted octanol–water partition coefficient (Wildman–Crippen LogP) is 3.20. The van der Waals surface area contributed by atoms with Gasteiger partial charge in [-0.2, -0.15) is 0 Å². The fourth-order valence-electron chi connectivity index (χ4n) is 0.622. The van der Waals surface area contributed by atoms with Gasteiger partial charge in [0, 0.05) is 32.7 Å². The fraction of sp³-hybridized carbons (Fsp3) is 0.364. The van der Waals surface area contributed by atoms with Crippen molar-refractivity contribution in [3.05, 3.63) is 36.5 Å². The van der Waals surface area contributed by atoms with E-state index < -0.39 is 0 Å². The van der Waals surface area contributed by atoms with Crippen LogP contribution in [0.25, 0.3) is 0 Å². The topological polar surface area (TPSA) is 17.1 Å². The third-order valence-electron chi connectivity index (χ3n) is 0.989. The average molecular weight is 254 g/mol. The standard InChI is InChI=1S/C9H11O.C2H6.Y/c1-3-5-9(6-4-2)7-8-10;1-2;/h3-6H,1,7H2,2H3;1-2H3;/q-1;;/b6-4-,9-5+;;. The van der Waals surface area contributed by atoms with Crippen LogP contribution in [0.2, 0.25) is 0 Å². The molecular formula is C11H17OY-. The molecule has 0 atom stereocenters. The second kappa shape index (κ2) is 17.9. The quantitative estimate of drug-likeness (QED) is 0.556. The second-order valence-corrected chi connectivity index (χ2v) is 1.80.